The number of ether oxygens (including phenoxy) is 2. The van der Waals surface area contributed by atoms with Crippen molar-refractivity contribution in [2.45, 2.75) is 13.3 Å². The smallest absolute Gasteiger partial charge is 0.341 e. The summed E-state index contributed by atoms with van der Waals surface area (Å²) in [6.45, 7) is 8.87. The molecule has 1 aromatic rings. The van der Waals surface area contributed by atoms with Crippen LogP contribution in [0.25, 0.3) is 0 Å². The van der Waals surface area contributed by atoms with Crippen LogP contribution in [0.2, 0.25) is 0 Å². The predicted octanol–water partition coefficient (Wildman–Crippen LogP) is 1.42. The molecule has 6 nitrogen and oxygen atoms in total. The van der Waals surface area contributed by atoms with Crippen molar-refractivity contribution in [3.8, 4) is 0 Å². The molecule has 0 aromatic carbocycles. The maximum Gasteiger partial charge on any atom is 0.341 e. The Morgan fingerprint density at radius 1 is 1.39 bits per heavy atom. The van der Waals surface area contributed by atoms with E-state index in [0.717, 1.165) is 51.8 Å². The molecule has 0 radical (unpaired) electrons. The lowest BCUT2D eigenvalue weighted by Gasteiger charge is -2.36. The van der Waals surface area contributed by atoms with E-state index in [1.807, 2.05) is 6.92 Å². The SMILES string of the molecule is CCOC(=O)c1cccnc1N1CCN(C[C@@H]2CCOC2)CC1. The monoisotopic (exact) mass is 319 g/mol. The fourth-order valence-electron chi connectivity index (χ4n) is 3.25. The highest BCUT2D eigenvalue weighted by Gasteiger charge is 2.25. The third-order valence-electron chi connectivity index (χ3n) is 4.49. The zero-order chi connectivity index (χ0) is 16.1. The number of carbonyl (C=O) groups excluding carboxylic acids is 1. The zero-order valence-electron chi connectivity index (χ0n) is 13.7. The van der Waals surface area contributed by atoms with E-state index < -0.39 is 0 Å². The summed E-state index contributed by atoms with van der Waals surface area (Å²) in [6.07, 6.45) is 2.91. The van der Waals surface area contributed by atoms with Crippen molar-refractivity contribution < 1.29 is 14.3 Å². The molecule has 3 heterocycles. The predicted molar refractivity (Wildman–Crippen MR) is 87.8 cm³/mol. The van der Waals surface area contributed by atoms with Gasteiger partial charge in [-0.05, 0) is 31.4 Å². The molecule has 6 heteroatoms. The van der Waals surface area contributed by atoms with Gasteiger partial charge in [0.1, 0.15) is 11.4 Å². The number of pyridine rings is 1. The molecule has 1 atom stereocenters. The van der Waals surface area contributed by atoms with Crippen molar-refractivity contribution in [1.29, 1.82) is 0 Å². The van der Waals surface area contributed by atoms with Crippen LogP contribution in [0.1, 0.15) is 23.7 Å². The van der Waals surface area contributed by atoms with Crippen molar-refractivity contribution >= 4 is 11.8 Å². The number of hydrogen-bond acceptors (Lipinski definition) is 6. The first-order valence-corrected chi connectivity index (χ1v) is 8.45. The Bertz CT molecular complexity index is 524. The second-order valence-electron chi connectivity index (χ2n) is 6.11. The molecule has 0 saturated carbocycles. The Labute approximate surface area is 137 Å². The number of aromatic nitrogens is 1. The summed E-state index contributed by atoms with van der Waals surface area (Å²) >= 11 is 0. The molecule has 0 unspecified atom stereocenters. The number of nitrogens with zero attached hydrogens (tertiary/aromatic N) is 3. The molecule has 1 aromatic heterocycles. The maximum atomic E-state index is 12.1. The third-order valence-corrected chi connectivity index (χ3v) is 4.49. The van der Waals surface area contributed by atoms with Gasteiger partial charge in [-0.25, -0.2) is 9.78 Å². The van der Waals surface area contributed by atoms with Crippen LogP contribution < -0.4 is 4.90 Å². The molecule has 2 aliphatic rings. The maximum absolute atomic E-state index is 12.1. The van der Waals surface area contributed by atoms with Crippen LogP contribution >= 0.6 is 0 Å². The molecule has 2 fully saturated rings. The van der Waals surface area contributed by atoms with Crippen molar-refractivity contribution in [2.24, 2.45) is 5.92 Å². The quantitative estimate of drug-likeness (QED) is 0.765. The number of anilines is 1. The molecule has 2 aliphatic heterocycles. The van der Waals surface area contributed by atoms with Crippen LogP contribution in [-0.2, 0) is 9.47 Å². The molecule has 2 saturated heterocycles. The largest absolute Gasteiger partial charge is 0.462 e. The first kappa shape index (κ1) is 16.2. The van der Waals surface area contributed by atoms with Crippen LogP contribution in [0.5, 0.6) is 0 Å². The van der Waals surface area contributed by atoms with Gasteiger partial charge in [-0.15, -0.1) is 0 Å². The first-order chi connectivity index (χ1) is 11.3. The van der Waals surface area contributed by atoms with E-state index in [1.165, 1.54) is 6.42 Å². The minimum absolute atomic E-state index is 0.291. The summed E-state index contributed by atoms with van der Waals surface area (Å²) in [5.41, 5.74) is 0.562. The highest BCUT2D eigenvalue weighted by atomic mass is 16.5. The van der Waals surface area contributed by atoms with Crippen LogP contribution in [0, 0.1) is 5.92 Å². The van der Waals surface area contributed by atoms with Crippen LogP contribution in [0.4, 0.5) is 5.82 Å². The van der Waals surface area contributed by atoms with Gasteiger partial charge in [0.2, 0.25) is 0 Å². The van der Waals surface area contributed by atoms with E-state index in [1.54, 1.807) is 18.3 Å². The molecule has 23 heavy (non-hydrogen) atoms. The highest BCUT2D eigenvalue weighted by molar-refractivity contribution is 5.94. The minimum atomic E-state index is -0.291. The Balaban J connectivity index is 1.60. The molecule has 0 aliphatic carbocycles. The van der Waals surface area contributed by atoms with Gasteiger partial charge in [0, 0.05) is 45.5 Å². The number of carbonyl (C=O) groups is 1. The van der Waals surface area contributed by atoms with Gasteiger partial charge in [0.05, 0.1) is 13.2 Å². The molecule has 3 rings (SSSR count). The summed E-state index contributed by atoms with van der Waals surface area (Å²) in [4.78, 5) is 21.2. The fourth-order valence-corrected chi connectivity index (χ4v) is 3.25. The first-order valence-electron chi connectivity index (χ1n) is 8.45. The van der Waals surface area contributed by atoms with Gasteiger partial charge < -0.3 is 14.4 Å². The van der Waals surface area contributed by atoms with E-state index in [0.29, 0.717) is 18.1 Å². The summed E-state index contributed by atoms with van der Waals surface area (Å²) in [5, 5.41) is 0. The van der Waals surface area contributed by atoms with Gasteiger partial charge >= 0.3 is 5.97 Å². The van der Waals surface area contributed by atoms with Crippen LogP contribution in [0.15, 0.2) is 18.3 Å². The Hall–Kier alpha value is -1.66. The van der Waals surface area contributed by atoms with Crippen LogP contribution in [0.3, 0.4) is 0 Å². The Morgan fingerprint density at radius 2 is 2.22 bits per heavy atom. The lowest BCUT2D eigenvalue weighted by molar-refractivity contribution is 0.0526. The van der Waals surface area contributed by atoms with Crippen molar-refractivity contribution in [2.75, 3.05) is 57.4 Å². The molecule has 0 amide bonds. The van der Waals surface area contributed by atoms with E-state index >= 15 is 0 Å². The van der Waals surface area contributed by atoms with Gasteiger partial charge in [0.25, 0.3) is 0 Å². The van der Waals surface area contributed by atoms with Crippen molar-refractivity contribution in [3.63, 3.8) is 0 Å². The number of esters is 1. The minimum Gasteiger partial charge on any atom is -0.462 e. The normalized spacial score (nSPS) is 22.3. The summed E-state index contributed by atoms with van der Waals surface area (Å²) < 4.78 is 10.6. The summed E-state index contributed by atoms with van der Waals surface area (Å²) in [5.74, 6) is 1.13. The van der Waals surface area contributed by atoms with Gasteiger partial charge in [-0.3, -0.25) is 4.90 Å². The van der Waals surface area contributed by atoms with E-state index in [9.17, 15) is 4.79 Å². The molecule has 0 N–H and O–H groups in total. The Morgan fingerprint density at radius 3 is 2.91 bits per heavy atom. The zero-order valence-corrected chi connectivity index (χ0v) is 13.7. The molecule has 0 bridgehead atoms. The average Bonchev–Trinajstić information content (AvgIpc) is 3.09. The molecular weight excluding hydrogens is 294 g/mol. The molecule has 126 valence electrons. The second kappa shape index (κ2) is 7.75. The van der Waals surface area contributed by atoms with E-state index in [4.69, 9.17) is 9.47 Å². The number of rotatable bonds is 5. The lowest BCUT2D eigenvalue weighted by atomic mass is 10.1. The highest BCUT2D eigenvalue weighted by Crippen LogP contribution is 2.21. The summed E-state index contributed by atoms with van der Waals surface area (Å²) in [7, 11) is 0. The lowest BCUT2D eigenvalue weighted by Crippen LogP contribution is -2.48. The van der Waals surface area contributed by atoms with E-state index in [-0.39, 0.29) is 5.97 Å². The topological polar surface area (TPSA) is 54.9 Å². The number of hydrogen-bond donors (Lipinski definition) is 0. The third kappa shape index (κ3) is 4.00. The standard InChI is InChI=1S/C17H25N3O3/c1-2-23-17(21)15-4-3-6-18-16(15)20-9-7-19(8-10-20)12-14-5-11-22-13-14/h3-4,6,14H,2,5,7-13H2,1H3/t14-/m0/s1. The molecule has 0 spiro atoms. The van der Waals surface area contributed by atoms with Gasteiger partial charge in [-0.2, -0.15) is 0 Å². The van der Waals surface area contributed by atoms with E-state index in [2.05, 4.69) is 14.8 Å². The van der Waals surface area contributed by atoms with Crippen molar-refractivity contribution in [3.05, 3.63) is 23.9 Å². The average molecular weight is 319 g/mol. The Kier molecular flexibility index (Phi) is 5.46. The fraction of sp³-hybridized carbons (Fsp3) is 0.647. The van der Waals surface area contributed by atoms with Crippen LogP contribution in [-0.4, -0.2) is 68.4 Å². The van der Waals surface area contributed by atoms with Crippen molar-refractivity contribution in [1.82, 2.24) is 9.88 Å². The van der Waals surface area contributed by atoms with Gasteiger partial charge in [-0.1, -0.05) is 0 Å². The second-order valence-corrected chi connectivity index (χ2v) is 6.11. The summed E-state index contributed by atoms with van der Waals surface area (Å²) in [6, 6.07) is 3.58. The van der Waals surface area contributed by atoms with Gasteiger partial charge in [0.15, 0.2) is 0 Å². The number of piperazine rings is 1. The molecular formula is C17H25N3O3.